The Balaban J connectivity index is 2.22. The predicted octanol–water partition coefficient (Wildman–Crippen LogP) is 2.79. The summed E-state index contributed by atoms with van der Waals surface area (Å²) in [5, 5.41) is 28.6. The highest BCUT2D eigenvalue weighted by Gasteiger charge is 2.13. The zero-order valence-corrected chi connectivity index (χ0v) is 10.8. The lowest BCUT2D eigenvalue weighted by atomic mass is 10.2. The fourth-order valence-corrected chi connectivity index (χ4v) is 2.00. The van der Waals surface area contributed by atoms with Gasteiger partial charge in [-0.3, -0.25) is 0 Å². The Hall–Kier alpha value is -2.27. The molecule has 96 valence electrons. The Labute approximate surface area is 113 Å². The fraction of sp³-hybridized carbons (Fsp3) is 0.0769. The van der Waals surface area contributed by atoms with Crippen LogP contribution in [0.1, 0.15) is 5.56 Å². The van der Waals surface area contributed by atoms with Crippen molar-refractivity contribution in [2.24, 2.45) is 0 Å². The number of benzene rings is 2. The molecule has 0 saturated heterocycles. The van der Waals surface area contributed by atoms with Crippen LogP contribution in [0.2, 0.25) is 5.02 Å². The molecule has 2 N–H and O–H groups in total. The fourth-order valence-electron chi connectivity index (χ4n) is 1.83. The van der Waals surface area contributed by atoms with Gasteiger partial charge in [0.2, 0.25) is 0 Å². The first kappa shape index (κ1) is 11.8. The summed E-state index contributed by atoms with van der Waals surface area (Å²) in [5.74, 6) is -0.0209. The molecule has 3 rings (SSSR count). The minimum absolute atomic E-state index is 0.0287. The van der Waals surface area contributed by atoms with Gasteiger partial charge in [0.1, 0.15) is 28.2 Å². The molecule has 5 nitrogen and oxygen atoms in total. The molecule has 3 aromatic rings. The third-order valence-corrected chi connectivity index (χ3v) is 3.17. The van der Waals surface area contributed by atoms with Gasteiger partial charge in [-0.2, -0.15) is 0 Å². The van der Waals surface area contributed by atoms with Crippen LogP contribution in [-0.4, -0.2) is 25.2 Å². The molecular formula is C13H10ClN3O2. The molecule has 0 fully saturated rings. The lowest BCUT2D eigenvalue weighted by molar-refractivity contribution is 0.439. The largest absolute Gasteiger partial charge is 0.508 e. The number of aromatic hydroxyl groups is 2. The van der Waals surface area contributed by atoms with Gasteiger partial charge in [-0.05, 0) is 37.3 Å². The molecule has 0 aliphatic heterocycles. The number of hydrogen-bond acceptors (Lipinski definition) is 4. The van der Waals surface area contributed by atoms with Gasteiger partial charge >= 0.3 is 0 Å². The summed E-state index contributed by atoms with van der Waals surface area (Å²) in [7, 11) is 0. The van der Waals surface area contributed by atoms with Crippen LogP contribution in [0.15, 0.2) is 30.3 Å². The molecule has 0 unspecified atom stereocenters. The zero-order valence-electron chi connectivity index (χ0n) is 10.0. The Morgan fingerprint density at radius 3 is 2.58 bits per heavy atom. The molecule has 0 atom stereocenters. The van der Waals surface area contributed by atoms with Crippen LogP contribution in [0, 0.1) is 6.92 Å². The van der Waals surface area contributed by atoms with E-state index in [0.717, 1.165) is 0 Å². The van der Waals surface area contributed by atoms with Gasteiger partial charge < -0.3 is 10.2 Å². The third-order valence-electron chi connectivity index (χ3n) is 2.94. The van der Waals surface area contributed by atoms with Crippen molar-refractivity contribution in [1.82, 2.24) is 15.0 Å². The van der Waals surface area contributed by atoms with Gasteiger partial charge in [-0.25, -0.2) is 0 Å². The minimum atomic E-state index is -0.0496. The van der Waals surface area contributed by atoms with E-state index in [0.29, 0.717) is 27.3 Å². The first-order chi connectivity index (χ1) is 9.06. The quantitative estimate of drug-likeness (QED) is 0.716. The van der Waals surface area contributed by atoms with E-state index in [1.54, 1.807) is 31.2 Å². The van der Waals surface area contributed by atoms with Crippen molar-refractivity contribution in [3.05, 3.63) is 40.9 Å². The molecule has 2 aromatic carbocycles. The highest BCUT2D eigenvalue weighted by Crippen LogP contribution is 2.31. The number of halogens is 1. The molecule has 0 bridgehead atoms. The first-order valence-electron chi connectivity index (χ1n) is 5.61. The van der Waals surface area contributed by atoms with Gasteiger partial charge in [0.05, 0.1) is 0 Å². The molecule has 0 amide bonds. The van der Waals surface area contributed by atoms with Crippen molar-refractivity contribution in [3.63, 3.8) is 0 Å². The van der Waals surface area contributed by atoms with E-state index in [1.165, 1.54) is 10.9 Å². The van der Waals surface area contributed by atoms with E-state index >= 15 is 0 Å². The SMILES string of the molecule is Cc1c(O)ccc(-n2nc3ccc(Cl)cc3n2)c1O. The van der Waals surface area contributed by atoms with Crippen molar-refractivity contribution in [1.29, 1.82) is 0 Å². The van der Waals surface area contributed by atoms with Crippen LogP contribution in [0.5, 0.6) is 11.5 Å². The average molecular weight is 276 g/mol. The third kappa shape index (κ3) is 1.88. The second kappa shape index (κ2) is 4.13. The molecular weight excluding hydrogens is 266 g/mol. The van der Waals surface area contributed by atoms with E-state index in [1.807, 2.05) is 0 Å². The predicted molar refractivity (Wildman–Crippen MR) is 71.9 cm³/mol. The highest BCUT2D eigenvalue weighted by atomic mass is 35.5. The molecule has 1 heterocycles. The standard InChI is InChI=1S/C13H10ClN3O2/c1-7-12(18)5-4-11(13(7)19)17-15-9-3-2-8(14)6-10(9)16-17/h2-6,18-19H,1H3. The van der Waals surface area contributed by atoms with Crippen molar-refractivity contribution in [2.45, 2.75) is 6.92 Å². The number of fused-ring (bicyclic) bond motifs is 1. The lowest BCUT2D eigenvalue weighted by Gasteiger charge is -2.06. The van der Waals surface area contributed by atoms with E-state index < -0.39 is 0 Å². The summed E-state index contributed by atoms with van der Waals surface area (Å²) in [5.41, 5.74) is 2.10. The van der Waals surface area contributed by atoms with Crippen LogP contribution >= 0.6 is 11.6 Å². The van der Waals surface area contributed by atoms with E-state index in [9.17, 15) is 10.2 Å². The van der Waals surface area contributed by atoms with E-state index in [-0.39, 0.29) is 11.5 Å². The van der Waals surface area contributed by atoms with E-state index in [2.05, 4.69) is 10.2 Å². The smallest absolute Gasteiger partial charge is 0.149 e. The molecule has 0 aliphatic carbocycles. The summed E-state index contributed by atoms with van der Waals surface area (Å²) in [4.78, 5) is 1.32. The number of rotatable bonds is 1. The van der Waals surface area contributed by atoms with Crippen LogP contribution in [0.3, 0.4) is 0 Å². The molecule has 19 heavy (non-hydrogen) atoms. The molecule has 0 spiro atoms. The minimum Gasteiger partial charge on any atom is -0.508 e. The molecule has 0 radical (unpaired) electrons. The van der Waals surface area contributed by atoms with Crippen molar-refractivity contribution in [3.8, 4) is 17.2 Å². The van der Waals surface area contributed by atoms with E-state index in [4.69, 9.17) is 11.6 Å². The number of hydrogen-bond donors (Lipinski definition) is 2. The van der Waals surface area contributed by atoms with Gasteiger partial charge in [0.25, 0.3) is 0 Å². The summed E-state index contributed by atoms with van der Waals surface area (Å²) in [6.45, 7) is 1.62. The molecule has 0 aliphatic rings. The molecule has 6 heteroatoms. The number of aromatic nitrogens is 3. The average Bonchev–Trinajstić information content (AvgIpc) is 2.78. The van der Waals surface area contributed by atoms with Gasteiger partial charge in [0.15, 0.2) is 0 Å². The van der Waals surface area contributed by atoms with Crippen molar-refractivity contribution in [2.75, 3.05) is 0 Å². The summed E-state index contributed by atoms with van der Waals surface area (Å²) in [6.07, 6.45) is 0. The first-order valence-corrected chi connectivity index (χ1v) is 5.98. The maximum absolute atomic E-state index is 10.0. The molecule has 1 aromatic heterocycles. The highest BCUT2D eigenvalue weighted by molar-refractivity contribution is 6.31. The normalized spacial score (nSPS) is 11.1. The Kier molecular flexibility index (Phi) is 2.57. The van der Waals surface area contributed by atoms with Crippen molar-refractivity contribution < 1.29 is 10.2 Å². The van der Waals surface area contributed by atoms with Crippen LogP contribution in [-0.2, 0) is 0 Å². The Bertz CT molecular complexity index is 783. The molecule has 0 saturated carbocycles. The summed E-state index contributed by atoms with van der Waals surface area (Å²) >= 11 is 5.89. The van der Waals surface area contributed by atoms with Gasteiger partial charge in [-0.15, -0.1) is 15.0 Å². The van der Waals surface area contributed by atoms with Crippen LogP contribution in [0.4, 0.5) is 0 Å². The summed E-state index contributed by atoms with van der Waals surface area (Å²) in [6, 6.07) is 8.23. The summed E-state index contributed by atoms with van der Waals surface area (Å²) < 4.78 is 0. The maximum Gasteiger partial charge on any atom is 0.149 e. The maximum atomic E-state index is 10.0. The van der Waals surface area contributed by atoms with Crippen LogP contribution in [0.25, 0.3) is 16.7 Å². The van der Waals surface area contributed by atoms with Crippen molar-refractivity contribution >= 4 is 22.6 Å². The Morgan fingerprint density at radius 2 is 1.79 bits per heavy atom. The monoisotopic (exact) mass is 275 g/mol. The zero-order chi connectivity index (χ0) is 13.6. The number of phenols is 2. The van der Waals surface area contributed by atoms with Crippen LogP contribution < -0.4 is 0 Å². The number of phenolic OH excluding ortho intramolecular Hbond substituents is 2. The van der Waals surface area contributed by atoms with Gasteiger partial charge in [0, 0.05) is 10.6 Å². The topological polar surface area (TPSA) is 71.2 Å². The number of nitrogens with zero attached hydrogens (tertiary/aromatic N) is 3. The Morgan fingerprint density at radius 1 is 1.05 bits per heavy atom. The lowest BCUT2D eigenvalue weighted by Crippen LogP contribution is -1.99. The van der Waals surface area contributed by atoms with Gasteiger partial charge in [-0.1, -0.05) is 11.6 Å². The second-order valence-electron chi connectivity index (χ2n) is 4.20. The second-order valence-corrected chi connectivity index (χ2v) is 4.64.